The number of ether oxygens (including phenoxy) is 2. The lowest BCUT2D eigenvalue weighted by Gasteiger charge is -2.36. The largest absolute Gasteiger partial charge is 0.463 e. The van der Waals surface area contributed by atoms with Crippen LogP contribution in [0, 0.1) is 0 Å². The molecule has 9 heteroatoms. The Balaban J connectivity index is 1.74. The average Bonchev–Trinajstić information content (AvgIpc) is 2.82. The van der Waals surface area contributed by atoms with Gasteiger partial charge in [-0.3, -0.25) is 14.4 Å². The van der Waals surface area contributed by atoms with Crippen LogP contribution in [0.2, 0.25) is 0 Å². The number of nitrogens with zero attached hydrogens (tertiary/aromatic N) is 1. The van der Waals surface area contributed by atoms with Crippen molar-refractivity contribution in [2.75, 3.05) is 33.4 Å². The van der Waals surface area contributed by atoms with Gasteiger partial charge in [0.15, 0.2) is 5.11 Å². The summed E-state index contributed by atoms with van der Waals surface area (Å²) in [5.74, 6) is -1.78. The topological polar surface area (TPSA) is 97.0 Å². The van der Waals surface area contributed by atoms with Crippen LogP contribution in [0.3, 0.4) is 0 Å². The standard InChI is InChI=1S/C24H27N3O5S/c1-31-14-15-32-20(28)16-19-22(29)25-12-13-27(19)24(33)26-23(30)21(17-8-4-2-5-9-17)18-10-6-3-7-11-18/h2-11,19,21H,12-16H2,1H3,(H,25,29)(H,26,30,33). The van der Waals surface area contributed by atoms with Gasteiger partial charge in [0.2, 0.25) is 11.8 Å². The molecule has 0 bridgehead atoms. The zero-order valence-corrected chi connectivity index (χ0v) is 19.2. The molecule has 2 N–H and O–H groups in total. The van der Waals surface area contributed by atoms with Crippen LogP contribution < -0.4 is 10.6 Å². The molecular weight excluding hydrogens is 442 g/mol. The van der Waals surface area contributed by atoms with Crippen molar-refractivity contribution >= 4 is 35.1 Å². The van der Waals surface area contributed by atoms with Crippen molar-refractivity contribution < 1.29 is 23.9 Å². The predicted octanol–water partition coefficient (Wildman–Crippen LogP) is 1.60. The molecule has 8 nitrogen and oxygen atoms in total. The summed E-state index contributed by atoms with van der Waals surface area (Å²) in [6.45, 7) is 1.08. The highest BCUT2D eigenvalue weighted by atomic mass is 32.1. The van der Waals surface area contributed by atoms with Crippen LogP contribution in [0.4, 0.5) is 0 Å². The van der Waals surface area contributed by atoms with Crippen LogP contribution in [0.15, 0.2) is 60.7 Å². The van der Waals surface area contributed by atoms with E-state index in [2.05, 4.69) is 10.6 Å². The minimum atomic E-state index is -0.867. The van der Waals surface area contributed by atoms with Gasteiger partial charge < -0.3 is 25.0 Å². The number of methoxy groups -OCH3 is 1. The Hall–Kier alpha value is -3.30. The van der Waals surface area contributed by atoms with E-state index >= 15 is 0 Å². The average molecular weight is 470 g/mol. The Morgan fingerprint density at radius 3 is 2.27 bits per heavy atom. The molecule has 1 heterocycles. The first-order valence-corrected chi connectivity index (χ1v) is 11.1. The summed E-state index contributed by atoms with van der Waals surface area (Å²) in [4.78, 5) is 39.6. The zero-order chi connectivity index (χ0) is 23.6. The molecule has 0 saturated carbocycles. The number of amides is 2. The predicted molar refractivity (Wildman–Crippen MR) is 126 cm³/mol. The van der Waals surface area contributed by atoms with Gasteiger partial charge in [-0.15, -0.1) is 0 Å². The molecule has 0 aromatic heterocycles. The molecule has 1 fully saturated rings. The van der Waals surface area contributed by atoms with Gasteiger partial charge in [-0.1, -0.05) is 60.7 Å². The molecule has 2 aromatic carbocycles. The van der Waals surface area contributed by atoms with Crippen molar-refractivity contribution in [3.8, 4) is 0 Å². The van der Waals surface area contributed by atoms with Gasteiger partial charge in [0, 0.05) is 20.2 Å². The molecule has 1 saturated heterocycles. The SMILES string of the molecule is COCCOC(=O)CC1C(=O)NCCN1C(=S)NC(=O)C(c1ccccc1)c1ccccc1. The quantitative estimate of drug-likeness (QED) is 0.344. The molecule has 174 valence electrons. The minimum absolute atomic E-state index is 0.0979. The van der Waals surface area contributed by atoms with Crippen LogP contribution in [0.5, 0.6) is 0 Å². The first-order valence-electron chi connectivity index (χ1n) is 10.6. The number of nitrogens with one attached hydrogen (secondary N) is 2. The smallest absolute Gasteiger partial charge is 0.308 e. The molecule has 2 aromatic rings. The highest BCUT2D eigenvalue weighted by Crippen LogP contribution is 2.25. The highest BCUT2D eigenvalue weighted by molar-refractivity contribution is 7.80. The molecule has 1 unspecified atom stereocenters. The number of piperazine rings is 1. The third kappa shape index (κ3) is 6.59. The maximum atomic E-state index is 13.4. The van der Waals surface area contributed by atoms with E-state index in [-0.39, 0.29) is 36.6 Å². The fourth-order valence-corrected chi connectivity index (χ4v) is 3.97. The van der Waals surface area contributed by atoms with Crippen molar-refractivity contribution in [2.45, 2.75) is 18.4 Å². The summed E-state index contributed by atoms with van der Waals surface area (Å²) < 4.78 is 9.96. The van der Waals surface area contributed by atoms with Gasteiger partial charge in [-0.25, -0.2) is 0 Å². The molecule has 0 aliphatic carbocycles. The summed E-state index contributed by atoms with van der Waals surface area (Å²) >= 11 is 5.50. The highest BCUT2D eigenvalue weighted by Gasteiger charge is 2.35. The number of hydrogen-bond donors (Lipinski definition) is 2. The number of rotatable bonds is 8. The number of carbonyl (C=O) groups excluding carboxylic acids is 3. The van der Waals surface area contributed by atoms with Gasteiger partial charge in [0.25, 0.3) is 0 Å². The molecule has 1 aliphatic rings. The van der Waals surface area contributed by atoms with E-state index in [0.29, 0.717) is 13.1 Å². The summed E-state index contributed by atoms with van der Waals surface area (Å²) in [6.07, 6.45) is -0.188. The molecule has 0 radical (unpaired) electrons. The lowest BCUT2D eigenvalue weighted by molar-refractivity contribution is -0.148. The van der Waals surface area contributed by atoms with Gasteiger partial charge in [-0.2, -0.15) is 0 Å². The number of carbonyl (C=O) groups is 3. The molecule has 0 spiro atoms. The third-order valence-corrected chi connectivity index (χ3v) is 5.60. The Morgan fingerprint density at radius 1 is 1.09 bits per heavy atom. The van der Waals surface area contributed by atoms with Crippen molar-refractivity contribution in [1.29, 1.82) is 0 Å². The Kier molecular flexibility index (Phi) is 8.91. The molecular formula is C24H27N3O5S. The fourth-order valence-electron chi connectivity index (χ4n) is 3.65. The molecule has 2 amide bonds. The summed E-state index contributed by atoms with van der Waals surface area (Å²) in [7, 11) is 1.50. The maximum absolute atomic E-state index is 13.4. The van der Waals surface area contributed by atoms with Crippen molar-refractivity contribution in [1.82, 2.24) is 15.5 Å². The minimum Gasteiger partial charge on any atom is -0.463 e. The van der Waals surface area contributed by atoms with Crippen LogP contribution >= 0.6 is 12.2 Å². The van der Waals surface area contributed by atoms with Gasteiger partial charge in [-0.05, 0) is 23.3 Å². The second kappa shape index (κ2) is 12.1. The second-order valence-corrected chi connectivity index (χ2v) is 7.85. The zero-order valence-electron chi connectivity index (χ0n) is 18.4. The molecule has 3 rings (SSSR count). The van der Waals surface area contributed by atoms with Crippen LogP contribution in [-0.4, -0.2) is 67.3 Å². The van der Waals surface area contributed by atoms with Crippen molar-refractivity contribution in [2.24, 2.45) is 0 Å². The molecule has 33 heavy (non-hydrogen) atoms. The first kappa shape index (κ1) is 24.3. The van der Waals surface area contributed by atoms with E-state index in [4.69, 9.17) is 21.7 Å². The van der Waals surface area contributed by atoms with Crippen LogP contribution in [0.1, 0.15) is 23.5 Å². The Labute approximate surface area is 198 Å². The molecule has 1 aliphatic heterocycles. The molecule has 1 atom stereocenters. The van der Waals surface area contributed by atoms with Crippen LogP contribution in [-0.2, 0) is 23.9 Å². The maximum Gasteiger partial charge on any atom is 0.308 e. The fraction of sp³-hybridized carbons (Fsp3) is 0.333. The monoisotopic (exact) mass is 469 g/mol. The summed E-state index contributed by atoms with van der Waals surface area (Å²) in [5.41, 5.74) is 1.64. The van der Waals surface area contributed by atoms with Gasteiger partial charge in [0.1, 0.15) is 12.6 Å². The van der Waals surface area contributed by atoms with Gasteiger partial charge >= 0.3 is 5.97 Å². The first-order chi connectivity index (χ1) is 16.0. The number of benzene rings is 2. The Bertz CT molecular complexity index is 931. The number of esters is 1. The summed E-state index contributed by atoms with van der Waals surface area (Å²) in [6, 6.07) is 17.9. The van der Waals surface area contributed by atoms with E-state index in [1.54, 1.807) is 4.90 Å². The number of thiocarbonyl (C=S) groups is 1. The third-order valence-electron chi connectivity index (χ3n) is 5.26. The lowest BCUT2D eigenvalue weighted by Crippen LogP contribution is -2.60. The van der Waals surface area contributed by atoms with E-state index in [1.807, 2.05) is 60.7 Å². The van der Waals surface area contributed by atoms with E-state index < -0.39 is 17.9 Å². The van der Waals surface area contributed by atoms with Gasteiger partial charge in [0.05, 0.1) is 18.9 Å². The normalized spacial score (nSPS) is 15.6. The van der Waals surface area contributed by atoms with E-state index in [9.17, 15) is 14.4 Å². The number of hydrogen-bond acceptors (Lipinski definition) is 6. The van der Waals surface area contributed by atoms with E-state index in [1.165, 1.54) is 7.11 Å². The van der Waals surface area contributed by atoms with Crippen molar-refractivity contribution in [3.63, 3.8) is 0 Å². The lowest BCUT2D eigenvalue weighted by atomic mass is 9.90. The second-order valence-electron chi connectivity index (χ2n) is 7.47. The Morgan fingerprint density at radius 2 is 1.70 bits per heavy atom. The van der Waals surface area contributed by atoms with Crippen LogP contribution in [0.25, 0.3) is 0 Å². The summed E-state index contributed by atoms with van der Waals surface area (Å²) in [5, 5.41) is 5.62. The van der Waals surface area contributed by atoms with E-state index in [0.717, 1.165) is 11.1 Å². The van der Waals surface area contributed by atoms with Crippen molar-refractivity contribution in [3.05, 3.63) is 71.8 Å².